The van der Waals surface area contributed by atoms with Gasteiger partial charge in [0.15, 0.2) is 17.5 Å². The number of carbonyl (C=O) groups excluding carboxylic acids is 3. The number of rotatable bonds is 4. The average Bonchev–Trinajstić information content (AvgIpc) is 3.11. The van der Waals surface area contributed by atoms with E-state index in [-0.39, 0.29) is 5.91 Å². The zero-order valence-corrected chi connectivity index (χ0v) is 15.5. The summed E-state index contributed by atoms with van der Waals surface area (Å²) in [6.45, 7) is 1.49. The fraction of sp³-hybridized carbons (Fsp3) is 0.471. The molecule has 2 unspecified atom stereocenters. The van der Waals surface area contributed by atoms with E-state index in [1.54, 1.807) is 4.90 Å². The minimum absolute atomic E-state index is 0.0949. The molecule has 1 N–H and O–H groups in total. The molecule has 1 aromatic carbocycles. The average molecular weight is 401 g/mol. The van der Waals surface area contributed by atoms with E-state index in [1.165, 1.54) is 18.8 Å². The number of fused-ring (bicyclic) bond motifs is 1. The van der Waals surface area contributed by atoms with Gasteiger partial charge in [-0.15, -0.1) is 11.8 Å². The van der Waals surface area contributed by atoms with Gasteiger partial charge in [-0.2, -0.15) is 0 Å². The Kier molecular flexibility index (Phi) is 5.11. The highest BCUT2D eigenvalue weighted by Gasteiger charge is 2.53. The van der Waals surface area contributed by atoms with Crippen molar-refractivity contribution in [3.63, 3.8) is 0 Å². The molecule has 0 aliphatic carbocycles. The van der Waals surface area contributed by atoms with Gasteiger partial charge < -0.3 is 15.1 Å². The van der Waals surface area contributed by atoms with Crippen LogP contribution in [-0.2, 0) is 14.4 Å². The number of thioether (sulfide) groups is 1. The Balaban J connectivity index is 1.64. The van der Waals surface area contributed by atoms with Crippen LogP contribution < -0.4 is 5.32 Å². The minimum atomic E-state index is -1.69. The number of likely N-dealkylation sites (N-methyl/N-ethyl adjacent to an activating group) is 1. The van der Waals surface area contributed by atoms with Gasteiger partial charge in [0.05, 0.1) is 17.1 Å². The van der Waals surface area contributed by atoms with Crippen LogP contribution in [0.1, 0.15) is 19.8 Å². The van der Waals surface area contributed by atoms with E-state index in [9.17, 15) is 27.6 Å². The first-order chi connectivity index (χ1) is 12.6. The van der Waals surface area contributed by atoms with Crippen molar-refractivity contribution in [2.45, 2.75) is 30.7 Å². The number of nitrogens with zero attached hydrogens (tertiary/aromatic N) is 2. The Morgan fingerprint density at radius 3 is 2.74 bits per heavy atom. The lowest BCUT2D eigenvalue weighted by molar-refractivity contribution is -0.143. The highest BCUT2D eigenvalue weighted by atomic mass is 32.2. The van der Waals surface area contributed by atoms with Crippen LogP contribution in [-0.4, -0.2) is 57.8 Å². The van der Waals surface area contributed by atoms with Crippen LogP contribution in [0, 0.1) is 17.5 Å². The predicted octanol–water partition coefficient (Wildman–Crippen LogP) is 1.95. The lowest BCUT2D eigenvalue weighted by atomic mass is 10.2. The van der Waals surface area contributed by atoms with E-state index in [2.05, 4.69) is 5.32 Å². The maximum absolute atomic E-state index is 13.6. The highest BCUT2D eigenvalue weighted by Crippen LogP contribution is 2.47. The van der Waals surface area contributed by atoms with Gasteiger partial charge in [-0.3, -0.25) is 14.4 Å². The molecule has 0 aromatic heterocycles. The first-order valence-corrected chi connectivity index (χ1v) is 9.27. The summed E-state index contributed by atoms with van der Waals surface area (Å²) in [7, 11) is 1.39. The second-order valence-electron chi connectivity index (χ2n) is 6.73. The third kappa shape index (κ3) is 3.50. The van der Waals surface area contributed by atoms with Gasteiger partial charge >= 0.3 is 0 Å². The molecule has 3 rings (SSSR count). The van der Waals surface area contributed by atoms with E-state index in [0.717, 1.165) is 11.0 Å². The Bertz CT molecular complexity index is 822. The minimum Gasteiger partial charge on any atom is -0.335 e. The first kappa shape index (κ1) is 19.5. The Hall–Kier alpha value is -2.23. The lowest BCUT2D eigenvalue weighted by Crippen LogP contribution is -2.51. The molecule has 2 heterocycles. The van der Waals surface area contributed by atoms with Crippen molar-refractivity contribution >= 4 is 35.2 Å². The summed E-state index contributed by atoms with van der Waals surface area (Å²) in [6, 6.07) is 0.932. The molecule has 3 amide bonds. The van der Waals surface area contributed by atoms with Gasteiger partial charge in [0.2, 0.25) is 17.7 Å². The number of halogens is 3. The summed E-state index contributed by atoms with van der Waals surface area (Å²) < 4.78 is 39.8. The summed E-state index contributed by atoms with van der Waals surface area (Å²) >= 11 is 1.53. The lowest BCUT2D eigenvalue weighted by Gasteiger charge is -2.31. The standard InChI is InChI=1S/C17H18F3N3O3S/c1-17-6-5-13(25)23(17)11(8-27-17)16(26)22(2)7-12(24)21-10-4-3-9(18)14(19)15(10)20/h3-4,11H,5-8H2,1-2H3,(H,21,24). The second kappa shape index (κ2) is 7.06. The Morgan fingerprint density at radius 1 is 1.33 bits per heavy atom. The van der Waals surface area contributed by atoms with Gasteiger partial charge in [0.1, 0.15) is 6.04 Å². The number of anilines is 1. The van der Waals surface area contributed by atoms with E-state index in [1.807, 2.05) is 6.92 Å². The molecule has 2 saturated heterocycles. The SMILES string of the molecule is CN(CC(=O)Nc1ccc(F)c(F)c1F)C(=O)C1CSC2(C)CCC(=O)N12. The molecule has 2 aliphatic rings. The molecule has 27 heavy (non-hydrogen) atoms. The Labute approximate surface area is 158 Å². The number of nitrogens with one attached hydrogen (secondary N) is 1. The van der Waals surface area contributed by atoms with E-state index in [4.69, 9.17) is 0 Å². The van der Waals surface area contributed by atoms with Crippen molar-refractivity contribution in [2.75, 3.05) is 24.7 Å². The summed E-state index contributed by atoms with van der Waals surface area (Å²) in [6.07, 6.45) is 1.05. The van der Waals surface area contributed by atoms with Crippen LogP contribution in [0.5, 0.6) is 0 Å². The molecule has 1 aromatic rings. The van der Waals surface area contributed by atoms with Crippen molar-refractivity contribution < 1.29 is 27.6 Å². The van der Waals surface area contributed by atoms with Crippen molar-refractivity contribution in [3.8, 4) is 0 Å². The molecule has 6 nitrogen and oxygen atoms in total. The number of hydrogen-bond acceptors (Lipinski definition) is 4. The van der Waals surface area contributed by atoms with Crippen LogP contribution in [0.4, 0.5) is 18.9 Å². The molecular weight excluding hydrogens is 383 g/mol. The molecule has 0 spiro atoms. The molecule has 0 bridgehead atoms. The second-order valence-corrected chi connectivity index (χ2v) is 8.23. The van der Waals surface area contributed by atoms with Crippen LogP contribution >= 0.6 is 11.8 Å². The van der Waals surface area contributed by atoms with Crippen molar-refractivity contribution in [1.82, 2.24) is 9.80 Å². The van der Waals surface area contributed by atoms with E-state index < -0.39 is 52.4 Å². The van der Waals surface area contributed by atoms with Crippen LogP contribution in [0.15, 0.2) is 12.1 Å². The van der Waals surface area contributed by atoms with Crippen molar-refractivity contribution in [2.24, 2.45) is 0 Å². The number of amides is 3. The third-order valence-corrected chi connectivity index (χ3v) is 6.30. The van der Waals surface area contributed by atoms with Gasteiger partial charge in [-0.25, -0.2) is 13.2 Å². The van der Waals surface area contributed by atoms with Crippen molar-refractivity contribution in [1.29, 1.82) is 0 Å². The monoisotopic (exact) mass is 401 g/mol. The smallest absolute Gasteiger partial charge is 0.246 e. The molecule has 2 aliphatic heterocycles. The molecule has 2 atom stereocenters. The van der Waals surface area contributed by atoms with Crippen LogP contribution in [0.2, 0.25) is 0 Å². The summed E-state index contributed by atoms with van der Waals surface area (Å²) in [5.41, 5.74) is -0.515. The topological polar surface area (TPSA) is 69.7 Å². The van der Waals surface area contributed by atoms with Gasteiger partial charge in [-0.05, 0) is 25.5 Å². The van der Waals surface area contributed by atoms with Crippen LogP contribution in [0.3, 0.4) is 0 Å². The van der Waals surface area contributed by atoms with E-state index >= 15 is 0 Å². The summed E-state index contributed by atoms with van der Waals surface area (Å²) in [4.78, 5) is 39.2. The first-order valence-electron chi connectivity index (χ1n) is 8.28. The van der Waals surface area contributed by atoms with Crippen molar-refractivity contribution in [3.05, 3.63) is 29.6 Å². The largest absolute Gasteiger partial charge is 0.335 e. The number of benzene rings is 1. The quantitative estimate of drug-likeness (QED) is 0.783. The molecule has 146 valence electrons. The third-order valence-electron chi connectivity index (χ3n) is 4.80. The normalized spacial score (nSPS) is 24.1. The molecule has 10 heteroatoms. The number of hydrogen-bond donors (Lipinski definition) is 1. The fourth-order valence-corrected chi connectivity index (χ4v) is 4.79. The van der Waals surface area contributed by atoms with Gasteiger partial charge in [-0.1, -0.05) is 0 Å². The number of carbonyl (C=O) groups is 3. The fourth-order valence-electron chi connectivity index (χ4n) is 3.36. The summed E-state index contributed by atoms with van der Waals surface area (Å²) in [5, 5.41) is 2.12. The molecule has 0 radical (unpaired) electrons. The summed E-state index contributed by atoms with van der Waals surface area (Å²) in [5.74, 6) is -5.39. The maximum atomic E-state index is 13.6. The Morgan fingerprint density at radius 2 is 2.04 bits per heavy atom. The van der Waals surface area contributed by atoms with E-state index in [0.29, 0.717) is 24.7 Å². The van der Waals surface area contributed by atoms with Gasteiger partial charge in [0, 0.05) is 19.2 Å². The van der Waals surface area contributed by atoms with Gasteiger partial charge in [0.25, 0.3) is 0 Å². The molecule has 2 fully saturated rings. The maximum Gasteiger partial charge on any atom is 0.246 e. The highest BCUT2D eigenvalue weighted by molar-refractivity contribution is 8.01. The predicted molar refractivity (Wildman–Crippen MR) is 93.3 cm³/mol. The zero-order chi connectivity index (χ0) is 19.9. The molecule has 0 saturated carbocycles. The molecular formula is C17H18F3N3O3S. The zero-order valence-electron chi connectivity index (χ0n) is 14.7. The van der Waals surface area contributed by atoms with Crippen LogP contribution in [0.25, 0.3) is 0 Å².